The van der Waals surface area contributed by atoms with Crippen LogP contribution in [0.25, 0.3) is 0 Å². The number of hydrogen-bond acceptors (Lipinski definition) is 2. The minimum absolute atomic E-state index is 0.0511. The maximum absolute atomic E-state index is 12.0. The van der Waals surface area contributed by atoms with Gasteiger partial charge in [-0.3, -0.25) is 4.79 Å². The Morgan fingerprint density at radius 3 is 3.05 bits per heavy atom. The van der Waals surface area contributed by atoms with E-state index in [9.17, 15) is 4.79 Å². The van der Waals surface area contributed by atoms with Crippen molar-refractivity contribution in [3.05, 3.63) is 50.0 Å². The van der Waals surface area contributed by atoms with E-state index in [1.807, 2.05) is 18.2 Å². The summed E-state index contributed by atoms with van der Waals surface area (Å²) in [4.78, 5) is 19.2. The second-order valence-electron chi connectivity index (χ2n) is 4.02. The fourth-order valence-electron chi connectivity index (χ4n) is 1.66. The third-order valence-electron chi connectivity index (χ3n) is 2.60. The predicted octanol–water partition coefficient (Wildman–Crippen LogP) is 3.14. The number of carbonyl (C=O) groups is 1. The third-order valence-corrected chi connectivity index (χ3v) is 3.97. The van der Waals surface area contributed by atoms with Gasteiger partial charge >= 0.3 is 0 Å². The molecule has 0 spiro atoms. The van der Waals surface area contributed by atoms with Crippen LogP contribution in [-0.4, -0.2) is 22.4 Å². The van der Waals surface area contributed by atoms with Gasteiger partial charge in [0.25, 0.3) is 5.91 Å². The van der Waals surface area contributed by atoms with Crippen molar-refractivity contribution in [2.24, 2.45) is 0 Å². The van der Waals surface area contributed by atoms with E-state index >= 15 is 0 Å². The van der Waals surface area contributed by atoms with Crippen LogP contribution in [0.3, 0.4) is 0 Å². The SMILES string of the molecule is O=C(NCCCc1ncc[nH]1)c1cc(I)ccc1Br. The zero-order valence-electron chi connectivity index (χ0n) is 10.1. The average molecular weight is 434 g/mol. The van der Waals surface area contributed by atoms with Gasteiger partial charge in [-0.05, 0) is 63.1 Å². The van der Waals surface area contributed by atoms with Crippen LogP contribution < -0.4 is 5.32 Å². The molecule has 0 aliphatic heterocycles. The smallest absolute Gasteiger partial charge is 0.252 e. The monoisotopic (exact) mass is 433 g/mol. The maximum Gasteiger partial charge on any atom is 0.252 e. The van der Waals surface area contributed by atoms with E-state index in [0.29, 0.717) is 12.1 Å². The average Bonchev–Trinajstić information content (AvgIpc) is 2.90. The first-order valence-corrected chi connectivity index (χ1v) is 7.75. The van der Waals surface area contributed by atoms with Crippen LogP contribution in [0.2, 0.25) is 0 Å². The highest BCUT2D eigenvalue weighted by molar-refractivity contribution is 14.1. The first-order chi connectivity index (χ1) is 9.16. The van der Waals surface area contributed by atoms with Crippen molar-refractivity contribution in [3.8, 4) is 0 Å². The Morgan fingerprint density at radius 2 is 2.32 bits per heavy atom. The van der Waals surface area contributed by atoms with Crippen molar-refractivity contribution in [1.29, 1.82) is 0 Å². The van der Waals surface area contributed by atoms with Gasteiger partial charge in [0.2, 0.25) is 0 Å². The lowest BCUT2D eigenvalue weighted by atomic mass is 10.2. The van der Waals surface area contributed by atoms with Gasteiger partial charge in [-0.25, -0.2) is 4.98 Å². The van der Waals surface area contributed by atoms with Gasteiger partial charge in [0, 0.05) is 33.4 Å². The van der Waals surface area contributed by atoms with Crippen LogP contribution in [0.4, 0.5) is 0 Å². The van der Waals surface area contributed by atoms with Crippen LogP contribution in [-0.2, 0) is 6.42 Å². The molecule has 1 heterocycles. The molecule has 6 heteroatoms. The van der Waals surface area contributed by atoms with E-state index in [0.717, 1.165) is 26.7 Å². The number of benzene rings is 1. The Kier molecular flexibility index (Phi) is 5.38. The van der Waals surface area contributed by atoms with Gasteiger partial charge in [0.05, 0.1) is 5.56 Å². The van der Waals surface area contributed by atoms with Gasteiger partial charge in [0.1, 0.15) is 5.82 Å². The van der Waals surface area contributed by atoms with E-state index in [2.05, 4.69) is 53.8 Å². The van der Waals surface area contributed by atoms with E-state index in [-0.39, 0.29) is 5.91 Å². The summed E-state index contributed by atoms with van der Waals surface area (Å²) in [6.07, 6.45) is 5.23. The van der Waals surface area contributed by atoms with Gasteiger partial charge in [-0.1, -0.05) is 0 Å². The van der Waals surface area contributed by atoms with E-state index in [4.69, 9.17) is 0 Å². The number of amides is 1. The number of aromatic nitrogens is 2. The Bertz CT molecular complexity index is 557. The molecule has 0 unspecified atom stereocenters. The highest BCUT2D eigenvalue weighted by atomic mass is 127. The summed E-state index contributed by atoms with van der Waals surface area (Å²) in [5.74, 6) is 0.898. The molecule has 1 amide bonds. The van der Waals surface area contributed by atoms with Crippen LogP contribution >= 0.6 is 38.5 Å². The number of nitrogens with one attached hydrogen (secondary N) is 2. The van der Waals surface area contributed by atoms with Crippen LogP contribution in [0, 0.1) is 3.57 Å². The number of imidazole rings is 1. The van der Waals surface area contributed by atoms with Crippen LogP contribution in [0.5, 0.6) is 0 Å². The van der Waals surface area contributed by atoms with Gasteiger partial charge in [-0.2, -0.15) is 0 Å². The predicted molar refractivity (Wildman–Crippen MR) is 86.1 cm³/mol. The van der Waals surface area contributed by atoms with Crippen LogP contribution in [0.15, 0.2) is 35.1 Å². The molecule has 1 aromatic carbocycles. The zero-order valence-corrected chi connectivity index (χ0v) is 13.9. The van der Waals surface area contributed by atoms with Gasteiger partial charge in [0.15, 0.2) is 0 Å². The highest BCUT2D eigenvalue weighted by Gasteiger charge is 2.09. The van der Waals surface area contributed by atoms with Gasteiger partial charge < -0.3 is 10.3 Å². The highest BCUT2D eigenvalue weighted by Crippen LogP contribution is 2.19. The topological polar surface area (TPSA) is 57.8 Å². The number of nitrogens with zero attached hydrogens (tertiary/aromatic N) is 1. The number of hydrogen-bond donors (Lipinski definition) is 2. The van der Waals surface area contributed by atoms with Crippen molar-refractivity contribution >= 4 is 44.4 Å². The minimum Gasteiger partial charge on any atom is -0.352 e. The Hall–Kier alpha value is -0.890. The molecular formula is C13H13BrIN3O. The minimum atomic E-state index is -0.0511. The van der Waals surface area contributed by atoms with E-state index < -0.39 is 0 Å². The summed E-state index contributed by atoms with van der Waals surface area (Å²) >= 11 is 5.59. The van der Waals surface area contributed by atoms with Crippen molar-refractivity contribution in [1.82, 2.24) is 15.3 Å². The third kappa shape index (κ3) is 4.31. The van der Waals surface area contributed by atoms with E-state index in [1.165, 1.54) is 0 Å². The zero-order chi connectivity index (χ0) is 13.7. The lowest BCUT2D eigenvalue weighted by Gasteiger charge is -2.07. The van der Waals surface area contributed by atoms with Crippen molar-refractivity contribution in [3.63, 3.8) is 0 Å². The normalized spacial score (nSPS) is 10.4. The molecule has 0 saturated carbocycles. The molecule has 0 fully saturated rings. The molecule has 2 aromatic rings. The first kappa shape index (κ1) is 14.5. The molecule has 19 heavy (non-hydrogen) atoms. The number of aryl methyl sites for hydroxylation is 1. The summed E-state index contributed by atoms with van der Waals surface area (Å²) in [5, 5.41) is 2.92. The summed E-state index contributed by atoms with van der Waals surface area (Å²) in [6.45, 7) is 0.636. The lowest BCUT2D eigenvalue weighted by Crippen LogP contribution is -2.25. The second-order valence-corrected chi connectivity index (χ2v) is 6.12. The number of carbonyl (C=O) groups excluding carboxylic acids is 1. The summed E-state index contributed by atoms with van der Waals surface area (Å²) in [5.41, 5.74) is 0.671. The fourth-order valence-corrected chi connectivity index (χ4v) is 2.58. The number of aromatic amines is 1. The maximum atomic E-state index is 12.0. The summed E-state index contributed by atoms with van der Waals surface area (Å²) < 4.78 is 1.86. The molecule has 0 aliphatic rings. The molecule has 0 radical (unpaired) electrons. The molecule has 0 saturated heterocycles. The lowest BCUT2D eigenvalue weighted by molar-refractivity contribution is 0.0952. The molecule has 0 aliphatic carbocycles. The Labute approximate surface area is 133 Å². The van der Waals surface area contributed by atoms with Gasteiger partial charge in [-0.15, -0.1) is 0 Å². The van der Waals surface area contributed by atoms with Crippen molar-refractivity contribution in [2.75, 3.05) is 6.54 Å². The molecule has 4 nitrogen and oxygen atoms in total. The Balaban J connectivity index is 1.82. The molecule has 0 atom stereocenters. The molecule has 100 valence electrons. The number of rotatable bonds is 5. The summed E-state index contributed by atoms with van der Waals surface area (Å²) in [7, 11) is 0. The molecule has 2 N–H and O–H groups in total. The number of H-pyrrole nitrogens is 1. The number of halogens is 2. The Morgan fingerprint density at radius 1 is 1.47 bits per heavy atom. The van der Waals surface area contributed by atoms with Crippen molar-refractivity contribution < 1.29 is 4.79 Å². The van der Waals surface area contributed by atoms with Crippen LogP contribution in [0.1, 0.15) is 22.6 Å². The molecule has 1 aromatic heterocycles. The largest absolute Gasteiger partial charge is 0.352 e. The van der Waals surface area contributed by atoms with E-state index in [1.54, 1.807) is 12.4 Å². The standard InChI is InChI=1S/C13H13BrIN3O/c14-11-4-3-9(15)8-10(11)13(19)18-5-1-2-12-16-6-7-17-12/h3-4,6-8H,1-2,5H2,(H,16,17)(H,18,19). The first-order valence-electron chi connectivity index (χ1n) is 5.88. The molecular weight excluding hydrogens is 421 g/mol. The fraction of sp³-hybridized carbons (Fsp3) is 0.231. The molecule has 2 rings (SSSR count). The molecule has 0 bridgehead atoms. The quantitative estimate of drug-likeness (QED) is 0.562. The van der Waals surface area contributed by atoms with Crippen molar-refractivity contribution in [2.45, 2.75) is 12.8 Å². The second kappa shape index (κ2) is 7.04. The summed E-state index contributed by atoms with van der Waals surface area (Å²) in [6, 6.07) is 5.71.